The number of unbranched alkanes of at least 4 members (excludes halogenated alkanes) is 4. The van der Waals surface area contributed by atoms with E-state index in [9.17, 15) is 0 Å². The van der Waals surface area contributed by atoms with Gasteiger partial charge >= 0.3 is 0 Å². The molecule has 0 amide bonds. The Labute approximate surface area is 169 Å². The zero-order valence-electron chi connectivity index (χ0n) is 16.8. The maximum absolute atomic E-state index is 6.47. The number of hydrogen-bond acceptors (Lipinski definition) is 3. The van der Waals surface area contributed by atoms with Crippen LogP contribution in [0.5, 0.6) is 11.5 Å². The summed E-state index contributed by atoms with van der Waals surface area (Å²) >= 11 is 6.47. The van der Waals surface area contributed by atoms with E-state index in [-0.39, 0.29) is 0 Å². The van der Waals surface area contributed by atoms with Crippen molar-refractivity contribution in [2.24, 2.45) is 0 Å². The maximum Gasteiger partial charge on any atom is 0.163 e. The molecular weight excluding hydrogens is 358 g/mol. The average molecular weight is 390 g/mol. The molecule has 27 heavy (non-hydrogen) atoms. The molecule has 0 fully saturated rings. The fourth-order valence-corrected chi connectivity index (χ4v) is 3.25. The van der Waals surface area contributed by atoms with Crippen LogP contribution in [0.25, 0.3) is 0 Å². The number of ether oxygens (including phenoxy) is 2. The van der Waals surface area contributed by atoms with E-state index in [1.165, 1.54) is 37.7 Å². The van der Waals surface area contributed by atoms with Crippen molar-refractivity contribution in [2.75, 3.05) is 13.7 Å². The van der Waals surface area contributed by atoms with Gasteiger partial charge in [0.15, 0.2) is 11.5 Å². The van der Waals surface area contributed by atoms with Crippen LogP contribution in [-0.2, 0) is 13.2 Å². The molecule has 2 aromatic rings. The first-order chi connectivity index (χ1) is 13.1. The molecule has 0 unspecified atom stereocenters. The molecular formula is C23H32ClNO2. The highest BCUT2D eigenvalue weighted by atomic mass is 35.5. The van der Waals surface area contributed by atoms with Gasteiger partial charge in [0.05, 0.1) is 7.11 Å². The van der Waals surface area contributed by atoms with Gasteiger partial charge in [-0.3, -0.25) is 0 Å². The van der Waals surface area contributed by atoms with Gasteiger partial charge in [-0.2, -0.15) is 0 Å². The van der Waals surface area contributed by atoms with E-state index in [2.05, 4.69) is 37.4 Å². The third-order valence-corrected chi connectivity index (χ3v) is 4.93. The molecule has 0 spiro atoms. The first kappa shape index (κ1) is 21.6. The summed E-state index contributed by atoms with van der Waals surface area (Å²) in [5, 5.41) is 4.18. The Bertz CT molecular complexity index is 703. The Morgan fingerprint density at radius 1 is 1.00 bits per heavy atom. The van der Waals surface area contributed by atoms with Crippen molar-refractivity contribution in [3.8, 4) is 11.5 Å². The minimum Gasteiger partial charge on any atom is -0.493 e. The average Bonchev–Trinajstić information content (AvgIpc) is 2.67. The summed E-state index contributed by atoms with van der Waals surface area (Å²) in [5.74, 6) is 1.39. The number of hydrogen-bond donors (Lipinski definition) is 1. The van der Waals surface area contributed by atoms with Gasteiger partial charge in [0.1, 0.15) is 6.61 Å². The summed E-state index contributed by atoms with van der Waals surface area (Å²) in [6, 6.07) is 12.1. The minimum absolute atomic E-state index is 0.490. The predicted octanol–water partition coefficient (Wildman–Crippen LogP) is 6.30. The van der Waals surface area contributed by atoms with Gasteiger partial charge in [0.2, 0.25) is 0 Å². The van der Waals surface area contributed by atoms with Crippen molar-refractivity contribution in [2.45, 2.75) is 59.1 Å². The molecule has 0 aromatic heterocycles. The van der Waals surface area contributed by atoms with E-state index in [1.54, 1.807) is 7.11 Å². The third kappa shape index (κ3) is 7.43. The molecule has 0 aliphatic heterocycles. The summed E-state index contributed by atoms with van der Waals surface area (Å²) in [6.45, 7) is 6.55. The fourth-order valence-electron chi connectivity index (χ4n) is 3.02. The number of benzene rings is 2. The first-order valence-electron chi connectivity index (χ1n) is 9.89. The van der Waals surface area contributed by atoms with Crippen LogP contribution in [0.3, 0.4) is 0 Å². The second-order valence-corrected chi connectivity index (χ2v) is 7.37. The van der Waals surface area contributed by atoms with Crippen molar-refractivity contribution in [1.82, 2.24) is 5.32 Å². The van der Waals surface area contributed by atoms with Gasteiger partial charge in [-0.15, -0.1) is 0 Å². The van der Waals surface area contributed by atoms with E-state index in [0.29, 0.717) is 23.1 Å². The van der Waals surface area contributed by atoms with E-state index < -0.39 is 0 Å². The smallest absolute Gasteiger partial charge is 0.163 e. The molecule has 4 heteroatoms. The van der Waals surface area contributed by atoms with Crippen LogP contribution < -0.4 is 14.8 Å². The quantitative estimate of drug-likeness (QED) is 0.432. The van der Waals surface area contributed by atoms with Crippen molar-refractivity contribution >= 4 is 11.6 Å². The lowest BCUT2D eigenvalue weighted by molar-refractivity contribution is 0.284. The summed E-state index contributed by atoms with van der Waals surface area (Å²) in [4.78, 5) is 0. The Morgan fingerprint density at radius 3 is 2.56 bits per heavy atom. The highest BCUT2D eigenvalue weighted by molar-refractivity contribution is 6.31. The molecule has 0 aliphatic rings. The molecule has 148 valence electrons. The lowest BCUT2D eigenvalue weighted by Gasteiger charge is -2.14. The molecule has 0 aliphatic carbocycles. The van der Waals surface area contributed by atoms with Crippen LogP contribution in [0.15, 0.2) is 36.4 Å². The van der Waals surface area contributed by atoms with Gasteiger partial charge in [-0.25, -0.2) is 0 Å². The van der Waals surface area contributed by atoms with Crippen LogP contribution in [0.4, 0.5) is 0 Å². The van der Waals surface area contributed by atoms with Gasteiger partial charge in [0.25, 0.3) is 0 Å². The molecule has 2 rings (SSSR count). The summed E-state index contributed by atoms with van der Waals surface area (Å²) < 4.78 is 11.5. The number of halogens is 1. The zero-order valence-corrected chi connectivity index (χ0v) is 17.6. The number of aryl methyl sites for hydroxylation is 1. The van der Waals surface area contributed by atoms with E-state index in [0.717, 1.165) is 24.2 Å². The third-order valence-electron chi connectivity index (χ3n) is 4.58. The molecule has 0 saturated carbocycles. The summed E-state index contributed by atoms with van der Waals surface area (Å²) in [6.07, 6.45) is 6.41. The second-order valence-electron chi connectivity index (χ2n) is 6.96. The summed E-state index contributed by atoms with van der Waals surface area (Å²) in [7, 11) is 1.66. The molecule has 0 atom stereocenters. The van der Waals surface area contributed by atoms with Crippen LogP contribution in [0, 0.1) is 6.92 Å². The number of methoxy groups -OCH3 is 1. The SMILES string of the molecule is CCCCCCCNCc1cc(OC)c(OCc2cccc(C)c2)cc1Cl. The van der Waals surface area contributed by atoms with Crippen LogP contribution in [0.1, 0.15) is 55.7 Å². The van der Waals surface area contributed by atoms with Gasteiger partial charge < -0.3 is 14.8 Å². The van der Waals surface area contributed by atoms with Crippen LogP contribution in [-0.4, -0.2) is 13.7 Å². The lowest BCUT2D eigenvalue weighted by atomic mass is 10.1. The van der Waals surface area contributed by atoms with Crippen molar-refractivity contribution in [3.63, 3.8) is 0 Å². The lowest BCUT2D eigenvalue weighted by Crippen LogP contribution is -2.15. The molecule has 1 N–H and O–H groups in total. The number of nitrogens with one attached hydrogen (secondary N) is 1. The summed E-state index contributed by atoms with van der Waals surface area (Å²) in [5.41, 5.74) is 3.38. The highest BCUT2D eigenvalue weighted by Crippen LogP contribution is 2.34. The van der Waals surface area contributed by atoms with Crippen LogP contribution in [0.2, 0.25) is 5.02 Å². The number of rotatable bonds is 12. The molecule has 2 aromatic carbocycles. The van der Waals surface area contributed by atoms with Gasteiger partial charge in [0, 0.05) is 17.6 Å². The fraction of sp³-hybridized carbons (Fsp3) is 0.478. The van der Waals surface area contributed by atoms with Crippen LogP contribution >= 0.6 is 11.6 Å². The van der Waals surface area contributed by atoms with E-state index >= 15 is 0 Å². The minimum atomic E-state index is 0.490. The van der Waals surface area contributed by atoms with E-state index in [4.69, 9.17) is 21.1 Å². The topological polar surface area (TPSA) is 30.5 Å². The monoisotopic (exact) mass is 389 g/mol. The predicted molar refractivity (Wildman–Crippen MR) is 114 cm³/mol. The van der Waals surface area contributed by atoms with Gasteiger partial charge in [-0.1, -0.05) is 74.0 Å². The standard InChI is InChI=1S/C23H32ClNO2/c1-4-5-6-7-8-12-25-16-20-14-22(26-3)23(15-21(20)24)27-17-19-11-9-10-18(2)13-19/h9-11,13-15,25H,4-8,12,16-17H2,1-3H3. The van der Waals surface area contributed by atoms with Crippen molar-refractivity contribution in [1.29, 1.82) is 0 Å². The molecule has 3 nitrogen and oxygen atoms in total. The largest absolute Gasteiger partial charge is 0.493 e. The van der Waals surface area contributed by atoms with Gasteiger partial charge in [-0.05, 0) is 37.1 Å². The van der Waals surface area contributed by atoms with E-state index in [1.807, 2.05) is 18.2 Å². The zero-order chi connectivity index (χ0) is 19.5. The molecule has 0 bridgehead atoms. The highest BCUT2D eigenvalue weighted by Gasteiger charge is 2.11. The van der Waals surface area contributed by atoms with Crippen molar-refractivity contribution < 1.29 is 9.47 Å². The van der Waals surface area contributed by atoms with Crippen molar-refractivity contribution in [3.05, 3.63) is 58.1 Å². The molecule has 0 heterocycles. The Kier molecular flexibility index (Phi) is 9.51. The second kappa shape index (κ2) is 11.9. The Hall–Kier alpha value is -1.71. The maximum atomic E-state index is 6.47. The Morgan fingerprint density at radius 2 is 1.81 bits per heavy atom. The normalized spacial score (nSPS) is 10.8. The first-order valence-corrected chi connectivity index (χ1v) is 10.3. The molecule has 0 saturated heterocycles. The Balaban J connectivity index is 1.89. The molecule has 0 radical (unpaired) electrons.